The minimum atomic E-state index is -3.63. The van der Waals surface area contributed by atoms with Gasteiger partial charge in [0.1, 0.15) is 5.82 Å². The van der Waals surface area contributed by atoms with E-state index in [4.69, 9.17) is 0 Å². The predicted molar refractivity (Wildman–Crippen MR) is 87.4 cm³/mol. The number of benzene rings is 2. The number of nitrogens with one attached hydrogen (secondary N) is 1. The van der Waals surface area contributed by atoms with E-state index in [9.17, 15) is 8.42 Å². The molecule has 2 aromatic carbocycles. The standard InChI is InChI=1S/C16H17N3O2S/c1-3-19-16(10-12(2)17-19)18-22(20,21)15-9-8-13-6-4-5-7-14(13)11-15/h4-11,18H,3H2,1-2H3. The summed E-state index contributed by atoms with van der Waals surface area (Å²) in [5, 5.41) is 6.15. The van der Waals surface area contributed by atoms with Gasteiger partial charge in [0.05, 0.1) is 10.6 Å². The largest absolute Gasteiger partial charge is 0.264 e. The van der Waals surface area contributed by atoms with E-state index in [1.165, 1.54) is 0 Å². The fourth-order valence-corrected chi connectivity index (χ4v) is 3.49. The van der Waals surface area contributed by atoms with Crippen molar-refractivity contribution in [1.29, 1.82) is 0 Å². The molecular weight excluding hydrogens is 298 g/mol. The van der Waals surface area contributed by atoms with E-state index in [-0.39, 0.29) is 4.90 Å². The molecule has 1 aromatic heterocycles. The summed E-state index contributed by atoms with van der Waals surface area (Å²) in [6, 6.07) is 14.5. The molecule has 0 radical (unpaired) electrons. The van der Waals surface area contributed by atoms with Crippen molar-refractivity contribution in [2.24, 2.45) is 0 Å². The maximum absolute atomic E-state index is 12.6. The van der Waals surface area contributed by atoms with Crippen molar-refractivity contribution in [3.8, 4) is 0 Å². The molecule has 0 saturated carbocycles. The summed E-state index contributed by atoms with van der Waals surface area (Å²) in [6.45, 7) is 4.35. The number of hydrogen-bond donors (Lipinski definition) is 1. The van der Waals surface area contributed by atoms with Gasteiger partial charge in [0.25, 0.3) is 10.0 Å². The van der Waals surface area contributed by atoms with Gasteiger partial charge in [-0.3, -0.25) is 4.72 Å². The molecule has 114 valence electrons. The molecular formula is C16H17N3O2S. The molecule has 22 heavy (non-hydrogen) atoms. The third-order valence-corrected chi connectivity index (χ3v) is 4.82. The summed E-state index contributed by atoms with van der Waals surface area (Å²) >= 11 is 0. The van der Waals surface area contributed by atoms with Gasteiger partial charge in [-0.1, -0.05) is 30.3 Å². The Bertz CT molecular complexity index is 929. The van der Waals surface area contributed by atoms with Crippen LogP contribution >= 0.6 is 0 Å². The number of aromatic nitrogens is 2. The Hall–Kier alpha value is -2.34. The third-order valence-electron chi connectivity index (χ3n) is 3.47. The molecule has 5 nitrogen and oxygen atoms in total. The van der Waals surface area contributed by atoms with E-state index in [0.717, 1.165) is 16.5 Å². The predicted octanol–water partition coefficient (Wildman–Crippen LogP) is 3.17. The van der Waals surface area contributed by atoms with Gasteiger partial charge in [-0.2, -0.15) is 5.10 Å². The van der Waals surface area contributed by atoms with Crippen molar-refractivity contribution < 1.29 is 8.42 Å². The van der Waals surface area contributed by atoms with Crippen LogP contribution in [0, 0.1) is 6.92 Å². The van der Waals surface area contributed by atoms with Crippen molar-refractivity contribution >= 4 is 26.6 Å². The first-order valence-electron chi connectivity index (χ1n) is 7.05. The van der Waals surface area contributed by atoms with Crippen LogP contribution in [0.15, 0.2) is 53.4 Å². The number of hydrogen-bond acceptors (Lipinski definition) is 3. The molecule has 0 bridgehead atoms. The fourth-order valence-electron chi connectivity index (χ4n) is 2.40. The van der Waals surface area contributed by atoms with Crippen LogP contribution in [0.2, 0.25) is 0 Å². The SMILES string of the molecule is CCn1nc(C)cc1NS(=O)(=O)c1ccc2ccccc2c1. The minimum Gasteiger partial charge on any atom is -0.264 e. The second-order valence-electron chi connectivity index (χ2n) is 5.10. The van der Waals surface area contributed by atoms with Gasteiger partial charge in [0.2, 0.25) is 0 Å². The van der Waals surface area contributed by atoms with Gasteiger partial charge in [0.15, 0.2) is 0 Å². The Balaban J connectivity index is 2.00. The van der Waals surface area contributed by atoms with Crippen molar-refractivity contribution in [2.75, 3.05) is 4.72 Å². The van der Waals surface area contributed by atoms with Gasteiger partial charge in [-0.25, -0.2) is 13.1 Å². The molecule has 3 rings (SSSR count). The Morgan fingerprint density at radius 2 is 1.82 bits per heavy atom. The first kappa shape index (κ1) is 14.6. The molecule has 0 amide bonds. The normalized spacial score (nSPS) is 11.7. The average molecular weight is 315 g/mol. The summed E-state index contributed by atoms with van der Waals surface area (Å²) in [5.41, 5.74) is 0.776. The van der Waals surface area contributed by atoms with E-state index in [0.29, 0.717) is 12.4 Å². The zero-order valence-electron chi connectivity index (χ0n) is 12.4. The maximum Gasteiger partial charge on any atom is 0.263 e. The zero-order valence-corrected chi connectivity index (χ0v) is 13.3. The van der Waals surface area contributed by atoms with Gasteiger partial charge >= 0.3 is 0 Å². The van der Waals surface area contributed by atoms with E-state index in [1.54, 1.807) is 22.9 Å². The Morgan fingerprint density at radius 3 is 2.55 bits per heavy atom. The second-order valence-corrected chi connectivity index (χ2v) is 6.78. The van der Waals surface area contributed by atoms with Gasteiger partial charge in [-0.05, 0) is 36.8 Å². The summed E-state index contributed by atoms with van der Waals surface area (Å²) in [6.07, 6.45) is 0. The lowest BCUT2D eigenvalue weighted by molar-refractivity contribution is 0.599. The van der Waals surface area contributed by atoms with Crippen LogP contribution in [-0.4, -0.2) is 18.2 Å². The van der Waals surface area contributed by atoms with Gasteiger partial charge < -0.3 is 0 Å². The van der Waals surface area contributed by atoms with E-state index >= 15 is 0 Å². The molecule has 1 N–H and O–H groups in total. The van der Waals surface area contributed by atoms with E-state index in [1.807, 2.05) is 44.2 Å². The van der Waals surface area contributed by atoms with Crippen LogP contribution in [0.1, 0.15) is 12.6 Å². The van der Waals surface area contributed by atoms with Crippen LogP contribution in [0.25, 0.3) is 10.8 Å². The smallest absolute Gasteiger partial charge is 0.263 e. The van der Waals surface area contributed by atoms with Crippen LogP contribution in [0.4, 0.5) is 5.82 Å². The van der Waals surface area contributed by atoms with E-state index < -0.39 is 10.0 Å². The highest BCUT2D eigenvalue weighted by Crippen LogP contribution is 2.21. The Labute approximate surface area is 129 Å². The van der Waals surface area contributed by atoms with Gasteiger partial charge in [-0.15, -0.1) is 0 Å². The third kappa shape index (κ3) is 2.69. The molecule has 0 unspecified atom stereocenters. The zero-order chi connectivity index (χ0) is 15.7. The van der Waals surface area contributed by atoms with Crippen LogP contribution in [-0.2, 0) is 16.6 Å². The lowest BCUT2D eigenvalue weighted by Gasteiger charge is -2.10. The second kappa shape index (κ2) is 5.46. The van der Waals surface area contributed by atoms with Crippen LogP contribution in [0.3, 0.4) is 0 Å². The quantitative estimate of drug-likeness (QED) is 0.804. The first-order chi connectivity index (χ1) is 10.5. The highest BCUT2D eigenvalue weighted by molar-refractivity contribution is 7.92. The minimum absolute atomic E-state index is 0.243. The monoisotopic (exact) mass is 315 g/mol. The van der Waals surface area contributed by atoms with Crippen molar-refractivity contribution in [1.82, 2.24) is 9.78 Å². The van der Waals surface area contributed by atoms with Crippen molar-refractivity contribution in [3.63, 3.8) is 0 Å². The first-order valence-corrected chi connectivity index (χ1v) is 8.54. The highest BCUT2D eigenvalue weighted by atomic mass is 32.2. The number of anilines is 1. The molecule has 0 saturated heterocycles. The molecule has 0 spiro atoms. The topological polar surface area (TPSA) is 64.0 Å². The lowest BCUT2D eigenvalue weighted by atomic mass is 10.1. The molecule has 0 aliphatic rings. The number of sulfonamides is 1. The average Bonchev–Trinajstić information content (AvgIpc) is 2.85. The summed E-state index contributed by atoms with van der Waals surface area (Å²) in [4.78, 5) is 0.243. The summed E-state index contributed by atoms with van der Waals surface area (Å²) in [7, 11) is -3.63. The van der Waals surface area contributed by atoms with Crippen LogP contribution < -0.4 is 4.72 Å². The molecule has 6 heteroatoms. The maximum atomic E-state index is 12.6. The van der Waals surface area contributed by atoms with Crippen LogP contribution in [0.5, 0.6) is 0 Å². The van der Waals surface area contributed by atoms with Crippen molar-refractivity contribution in [3.05, 3.63) is 54.2 Å². The molecule has 0 fully saturated rings. The Kier molecular flexibility index (Phi) is 3.62. The van der Waals surface area contributed by atoms with Gasteiger partial charge in [0, 0.05) is 12.6 Å². The van der Waals surface area contributed by atoms with Crippen molar-refractivity contribution in [2.45, 2.75) is 25.3 Å². The molecule has 0 atom stereocenters. The Morgan fingerprint density at radius 1 is 1.09 bits per heavy atom. The fraction of sp³-hybridized carbons (Fsp3) is 0.188. The molecule has 1 heterocycles. The highest BCUT2D eigenvalue weighted by Gasteiger charge is 2.17. The van der Waals surface area contributed by atoms with E-state index in [2.05, 4.69) is 9.82 Å². The lowest BCUT2D eigenvalue weighted by Crippen LogP contribution is -2.16. The molecule has 0 aliphatic carbocycles. The summed E-state index contributed by atoms with van der Waals surface area (Å²) < 4.78 is 29.4. The summed E-state index contributed by atoms with van der Waals surface area (Å²) in [5.74, 6) is 0.480. The number of aryl methyl sites for hydroxylation is 2. The molecule has 0 aliphatic heterocycles. The number of rotatable bonds is 4. The number of fused-ring (bicyclic) bond motifs is 1. The number of nitrogens with zero attached hydrogens (tertiary/aromatic N) is 2. The molecule has 3 aromatic rings.